The highest BCUT2D eigenvalue weighted by molar-refractivity contribution is 7.89. The van der Waals surface area contributed by atoms with Gasteiger partial charge in [-0.3, -0.25) is 4.79 Å². The van der Waals surface area contributed by atoms with Gasteiger partial charge in [0, 0.05) is 14.1 Å². The molecule has 1 saturated heterocycles. The molecule has 1 aromatic rings. The minimum Gasteiger partial charge on any atom is -0.303 e. The van der Waals surface area contributed by atoms with Gasteiger partial charge in [0.1, 0.15) is 5.78 Å². The van der Waals surface area contributed by atoms with Crippen LogP contribution in [-0.4, -0.2) is 62.9 Å². The van der Waals surface area contributed by atoms with Gasteiger partial charge in [0.15, 0.2) is 0 Å². The highest BCUT2D eigenvalue weighted by Gasteiger charge is 2.40. The molecular weight excluding hydrogens is 324 g/mol. The van der Waals surface area contributed by atoms with E-state index in [9.17, 15) is 13.2 Å². The van der Waals surface area contributed by atoms with Crippen LogP contribution in [0.3, 0.4) is 0 Å². The Bertz CT molecular complexity index is 648. The van der Waals surface area contributed by atoms with Gasteiger partial charge in [0.05, 0.1) is 11.2 Å². The lowest BCUT2D eigenvalue weighted by molar-refractivity contribution is -0.124. The van der Waals surface area contributed by atoms with Crippen molar-refractivity contribution in [2.24, 2.45) is 0 Å². The van der Waals surface area contributed by atoms with Gasteiger partial charge in [-0.25, -0.2) is 12.7 Å². The van der Waals surface area contributed by atoms with Crippen LogP contribution in [0.4, 0.5) is 0 Å². The van der Waals surface area contributed by atoms with E-state index in [0.29, 0.717) is 6.42 Å². The molecule has 2 rings (SSSR count). The van der Waals surface area contributed by atoms with Crippen LogP contribution in [0.15, 0.2) is 30.3 Å². The van der Waals surface area contributed by atoms with Crippen molar-refractivity contribution < 1.29 is 13.2 Å². The molecule has 1 aliphatic rings. The number of carbonyl (C=O) groups excluding carboxylic acids is 1. The van der Waals surface area contributed by atoms with Crippen LogP contribution in [0.2, 0.25) is 0 Å². The number of sulfonamides is 1. The third-order valence-corrected chi connectivity index (χ3v) is 7.06. The first-order valence-electron chi connectivity index (χ1n) is 8.47. The van der Waals surface area contributed by atoms with E-state index in [1.54, 1.807) is 21.0 Å². The van der Waals surface area contributed by atoms with E-state index in [-0.39, 0.29) is 17.0 Å². The summed E-state index contributed by atoms with van der Waals surface area (Å²) in [7, 11) is 0.00781. The molecule has 1 aromatic carbocycles. The minimum atomic E-state index is -3.13. The monoisotopic (exact) mass is 352 g/mol. The first-order chi connectivity index (χ1) is 11.3. The van der Waals surface area contributed by atoms with Crippen molar-refractivity contribution in [1.29, 1.82) is 0 Å². The van der Waals surface area contributed by atoms with Gasteiger partial charge >= 0.3 is 0 Å². The van der Waals surface area contributed by atoms with Crippen LogP contribution in [0.5, 0.6) is 0 Å². The first kappa shape index (κ1) is 19.1. The summed E-state index contributed by atoms with van der Waals surface area (Å²) in [6.07, 6.45) is 2.22. The average Bonchev–Trinajstić information content (AvgIpc) is 2.56. The summed E-state index contributed by atoms with van der Waals surface area (Å²) < 4.78 is 24.9. The molecule has 0 unspecified atom stereocenters. The second kappa shape index (κ2) is 7.76. The van der Waals surface area contributed by atoms with E-state index in [0.717, 1.165) is 38.0 Å². The number of Topliss-reactive ketones (excluding diaryl/α,β-unsaturated/α-hetero) is 1. The fourth-order valence-corrected chi connectivity index (χ4v) is 4.27. The Labute approximate surface area is 145 Å². The largest absolute Gasteiger partial charge is 0.303 e. The van der Waals surface area contributed by atoms with E-state index in [4.69, 9.17) is 0 Å². The predicted molar refractivity (Wildman–Crippen MR) is 96.6 cm³/mol. The molecule has 134 valence electrons. The molecule has 1 heterocycles. The molecule has 0 amide bonds. The molecule has 0 bridgehead atoms. The fraction of sp³-hybridized carbons (Fsp3) is 0.611. The van der Waals surface area contributed by atoms with Crippen molar-refractivity contribution in [3.05, 3.63) is 35.9 Å². The van der Waals surface area contributed by atoms with Gasteiger partial charge < -0.3 is 4.90 Å². The Balaban J connectivity index is 1.93. The lowest BCUT2D eigenvalue weighted by Crippen LogP contribution is -2.47. The van der Waals surface area contributed by atoms with Gasteiger partial charge in [-0.2, -0.15) is 0 Å². The highest BCUT2D eigenvalue weighted by Crippen LogP contribution is 2.36. The van der Waals surface area contributed by atoms with Crippen molar-refractivity contribution in [3.63, 3.8) is 0 Å². The smallest absolute Gasteiger partial charge is 0.213 e. The molecule has 0 aromatic heterocycles. The van der Waals surface area contributed by atoms with Crippen LogP contribution in [0, 0.1) is 0 Å². The van der Waals surface area contributed by atoms with Crippen LogP contribution in [0.1, 0.15) is 31.7 Å². The van der Waals surface area contributed by atoms with E-state index >= 15 is 0 Å². The number of carbonyl (C=O) groups is 1. The number of hydrogen-bond acceptors (Lipinski definition) is 4. The summed E-state index contributed by atoms with van der Waals surface area (Å²) in [4.78, 5) is 14.6. The van der Waals surface area contributed by atoms with Gasteiger partial charge in [0.25, 0.3) is 0 Å². The van der Waals surface area contributed by atoms with E-state index < -0.39 is 10.0 Å². The summed E-state index contributed by atoms with van der Waals surface area (Å²) in [6, 6.07) is 10.0. The average molecular weight is 353 g/mol. The Morgan fingerprint density at radius 1 is 1.17 bits per heavy atom. The molecule has 0 atom stereocenters. The molecule has 5 nitrogen and oxygen atoms in total. The molecule has 0 radical (unpaired) electrons. The number of piperidine rings is 1. The molecule has 0 N–H and O–H groups in total. The fourth-order valence-electron chi connectivity index (χ4n) is 3.41. The zero-order valence-corrected chi connectivity index (χ0v) is 15.7. The van der Waals surface area contributed by atoms with Gasteiger partial charge in [-0.15, -0.1) is 0 Å². The van der Waals surface area contributed by atoms with Crippen LogP contribution < -0.4 is 0 Å². The highest BCUT2D eigenvalue weighted by atomic mass is 32.2. The summed E-state index contributed by atoms with van der Waals surface area (Å²) in [5, 5.41) is 0. The summed E-state index contributed by atoms with van der Waals surface area (Å²) in [5.41, 5.74) is 0.723. The maximum Gasteiger partial charge on any atom is 0.213 e. The molecule has 0 saturated carbocycles. The van der Waals surface area contributed by atoms with Crippen LogP contribution in [0.25, 0.3) is 0 Å². The molecule has 0 spiro atoms. The summed E-state index contributed by atoms with van der Waals surface area (Å²) >= 11 is 0. The van der Waals surface area contributed by atoms with Gasteiger partial charge in [-0.1, -0.05) is 30.3 Å². The van der Waals surface area contributed by atoms with Gasteiger partial charge in [0.2, 0.25) is 10.0 Å². The third kappa shape index (κ3) is 4.23. The predicted octanol–water partition coefficient (Wildman–Crippen LogP) is 1.89. The van der Waals surface area contributed by atoms with Crippen LogP contribution >= 0.6 is 0 Å². The number of hydrogen-bond donors (Lipinski definition) is 0. The number of nitrogens with zero attached hydrogens (tertiary/aromatic N) is 2. The summed E-state index contributed by atoms with van der Waals surface area (Å²) in [5.74, 6) is 0.399. The second-order valence-corrected chi connectivity index (χ2v) is 9.10. The van der Waals surface area contributed by atoms with E-state index in [1.165, 1.54) is 4.31 Å². The zero-order chi connectivity index (χ0) is 17.8. The lowest BCUT2D eigenvalue weighted by atomic mass is 9.70. The Morgan fingerprint density at radius 2 is 1.75 bits per heavy atom. The maximum absolute atomic E-state index is 12.3. The Hall–Kier alpha value is -1.24. The first-order valence-corrected chi connectivity index (χ1v) is 10.1. The normalized spacial score (nSPS) is 18.7. The molecule has 0 aliphatic carbocycles. The van der Waals surface area contributed by atoms with Crippen LogP contribution in [-0.2, 0) is 20.2 Å². The number of rotatable bonds is 7. The molecule has 6 heteroatoms. The number of likely N-dealkylation sites (tertiary alicyclic amines) is 1. The maximum atomic E-state index is 12.3. The SMILES string of the molecule is CC(=O)C1(c2ccccc2)CCN(CCCS(=O)(=O)N(C)C)CC1. The van der Waals surface area contributed by atoms with Crippen molar-refractivity contribution in [3.8, 4) is 0 Å². The van der Waals surface area contributed by atoms with Crippen molar-refractivity contribution in [1.82, 2.24) is 9.21 Å². The Kier molecular flexibility index (Phi) is 6.17. The standard InChI is InChI=1S/C18H28N2O3S/c1-16(21)18(17-8-5-4-6-9-17)10-13-20(14-11-18)12-7-15-24(22,23)19(2)3/h4-6,8-9H,7,10-15H2,1-3H3. The quantitative estimate of drug-likeness (QED) is 0.752. The topological polar surface area (TPSA) is 57.7 Å². The number of benzene rings is 1. The van der Waals surface area contributed by atoms with E-state index in [2.05, 4.69) is 4.90 Å². The molecule has 1 fully saturated rings. The van der Waals surface area contributed by atoms with Gasteiger partial charge in [-0.05, 0) is 51.4 Å². The zero-order valence-electron chi connectivity index (χ0n) is 14.9. The van der Waals surface area contributed by atoms with Crippen molar-refractivity contribution >= 4 is 15.8 Å². The lowest BCUT2D eigenvalue weighted by Gasteiger charge is -2.40. The van der Waals surface area contributed by atoms with Crippen molar-refractivity contribution in [2.45, 2.75) is 31.6 Å². The van der Waals surface area contributed by atoms with Crippen molar-refractivity contribution in [2.75, 3.05) is 39.5 Å². The second-order valence-electron chi connectivity index (χ2n) is 6.80. The Morgan fingerprint density at radius 3 is 2.25 bits per heavy atom. The number of ketones is 1. The minimum absolute atomic E-state index is 0.174. The molecular formula is C18H28N2O3S. The third-order valence-electron chi connectivity index (χ3n) is 5.14. The van der Waals surface area contributed by atoms with E-state index in [1.807, 2.05) is 30.3 Å². The molecule has 1 aliphatic heterocycles. The molecule has 24 heavy (non-hydrogen) atoms. The summed E-state index contributed by atoms with van der Waals surface area (Å²) in [6.45, 7) is 4.11.